The first-order chi connectivity index (χ1) is 8.00. The van der Waals surface area contributed by atoms with Gasteiger partial charge in [-0.05, 0) is 36.8 Å². The highest BCUT2D eigenvalue weighted by molar-refractivity contribution is 7.10. The Kier molecular flexibility index (Phi) is 3.54. The first-order valence-corrected chi connectivity index (χ1v) is 6.89. The van der Waals surface area contributed by atoms with E-state index in [1.54, 1.807) is 11.3 Å². The summed E-state index contributed by atoms with van der Waals surface area (Å²) in [5.41, 5.74) is 1.34. The number of carboxylic acid groups (broad SMARTS) is 1. The number of likely N-dealkylation sites (tertiary alicyclic amines) is 1. The van der Waals surface area contributed by atoms with E-state index in [4.69, 9.17) is 5.11 Å². The molecule has 1 fully saturated rings. The summed E-state index contributed by atoms with van der Waals surface area (Å²) in [7, 11) is 0. The van der Waals surface area contributed by atoms with Crippen molar-refractivity contribution in [3.05, 3.63) is 21.9 Å². The van der Waals surface area contributed by atoms with Crippen molar-refractivity contribution in [1.29, 1.82) is 0 Å². The van der Waals surface area contributed by atoms with E-state index >= 15 is 0 Å². The lowest BCUT2D eigenvalue weighted by molar-refractivity contribution is -0.145. The molecule has 0 radical (unpaired) electrons. The molecule has 1 aliphatic heterocycles. The van der Waals surface area contributed by atoms with Gasteiger partial charge in [0.15, 0.2) is 0 Å². The molecule has 2 rings (SSSR count). The molecule has 3 nitrogen and oxygen atoms in total. The number of hydrogen-bond donors (Lipinski definition) is 1. The van der Waals surface area contributed by atoms with Crippen molar-refractivity contribution in [3.63, 3.8) is 0 Å². The second-order valence-corrected chi connectivity index (χ2v) is 5.93. The van der Waals surface area contributed by atoms with Gasteiger partial charge in [0.2, 0.25) is 0 Å². The van der Waals surface area contributed by atoms with Crippen LogP contribution in [0.4, 0.5) is 0 Å². The fourth-order valence-corrected chi connectivity index (χ4v) is 3.38. The molecule has 1 N–H and O–H groups in total. The first kappa shape index (κ1) is 12.6. The van der Waals surface area contributed by atoms with Crippen LogP contribution >= 0.6 is 11.3 Å². The molecule has 94 valence electrons. The summed E-state index contributed by atoms with van der Waals surface area (Å²) in [4.78, 5) is 14.6. The van der Waals surface area contributed by atoms with Gasteiger partial charge in [-0.2, -0.15) is 0 Å². The Hall–Kier alpha value is -0.870. The van der Waals surface area contributed by atoms with Gasteiger partial charge in [-0.25, -0.2) is 0 Å². The summed E-state index contributed by atoms with van der Waals surface area (Å²) in [5.74, 6) is -0.576. The van der Waals surface area contributed by atoms with E-state index in [9.17, 15) is 4.79 Å². The Labute approximate surface area is 106 Å². The third kappa shape index (κ3) is 2.38. The van der Waals surface area contributed by atoms with Crippen molar-refractivity contribution in [1.82, 2.24) is 4.90 Å². The number of carbonyl (C=O) groups is 1. The quantitative estimate of drug-likeness (QED) is 0.897. The van der Waals surface area contributed by atoms with Crippen molar-refractivity contribution < 1.29 is 9.90 Å². The molecule has 0 aromatic carbocycles. The van der Waals surface area contributed by atoms with Crippen LogP contribution in [0.15, 0.2) is 11.4 Å². The maximum atomic E-state index is 10.9. The number of aliphatic carboxylic acids is 1. The largest absolute Gasteiger partial charge is 0.481 e. The van der Waals surface area contributed by atoms with Crippen LogP contribution in [0.2, 0.25) is 0 Å². The second kappa shape index (κ2) is 4.78. The molecular weight excluding hydrogens is 234 g/mol. The van der Waals surface area contributed by atoms with Crippen molar-refractivity contribution in [2.45, 2.75) is 26.8 Å². The smallest absolute Gasteiger partial charge is 0.306 e. The molecule has 0 amide bonds. The topological polar surface area (TPSA) is 40.5 Å². The van der Waals surface area contributed by atoms with Gasteiger partial charge >= 0.3 is 5.97 Å². The highest BCUT2D eigenvalue weighted by Crippen LogP contribution is 2.35. The van der Waals surface area contributed by atoms with Crippen LogP contribution in [0.1, 0.15) is 30.3 Å². The summed E-state index contributed by atoms with van der Waals surface area (Å²) >= 11 is 1.79. The maximum absolute atomic E-state index is 10.9. The summed E-state index contributed by atoms with van der Waals surface area (Å²) in [6.45, 7) is 7.98. The van der Waals surface area contributed by atoms with Gasteiger partial charge in [-0.15, -0.1) is 11.3 Å². The van der Waals surface area contributed by atoms with Gasteiger partial charge in [0, 0.05) is 24.0 Å². The zero-order chi connectivity index (χ0) is 12.6. The number of rotatable bonds is 4. The molecule has 1 aromatic heterocycles. The van der Waals surface area contributed by atoms with Crippen LogP contribution in [-0.4, -0.2) is 29.1 Å². The molecule has 4 heteroatoms. The van der Waals surface area contributed by atoms with Gasteiger partial charge in [0.1, 0.15) is 0 Å². The minimum Gasteiger partial charge on any atom is -0.481 e. The predicted molar refractivity (Wildman–Crippen MR) is 69.3 cm³/mol. The molecule has 2 unspecified atom stereocenters. The number of thiophene rings is 1. The van der Waals surface area contributed by atoms with Crippen LogP contribution in [0, 0.1) is 18.8 Å². The number of nitrogens with zero attached hydrogens (tertiary/aromatic N) is 1. The molecule has 0 saturated carbocycles. The van der Waals surface area contributed by atoms with Gasteiger partial charge in [0.25, 0.3) is 0 Å². The molecule has 0 spiro atoms. The maximum Gasteiger partial charge on any atom is 0.306 e. The standard InChI is InChI=1S/C13H19NO2S/c1-8-4-5-17-12(8)10(3)14-6-11(7-14)9(2)13(15)16/h4-5,9-11H,6-7H2,1-3H3,(H,15,16). The minimum absolute atomic E-state index is 0.220. The van der Waals surface area contributed by atoms with E-state index in [1.165, 1.54) is 10.4 Å². The molecule has 17 heavy (non-hydrogen) atoms. The van der Waals surface area contributed by atoms with Crippen LogP contribution in [0.5, 0.6) is 0 Å². The van der Waals surface area contributed by atoms with Gasteiger partial charge < -0.3 is 5.11 Å². The van der Waals surface area contributed by atoms with Crippen molar-refractivity contribution in [2.24, 2.45) is 11.8 Å². The molecule has 2 atom stereocenters. The Morgan fingerprint density at radius 2 is 2.18 bits per heavy atom. The molecule has 0 bridgehead atoms. The number of aryl methyl sites for hydroxylation is 1. The zero-order valence-electron chi connectivity index (χ0n) is 10.5. The Morgan fingerprint density at radius 1 is 1.53 bits per heavy atom. The molecule has 0 aliphatic carbocycles. The van der Waals surface area contributed by atoms with Crippen molar-refractivity contribution >= 4 is 17.3 Å². The fraction of sp³-hybridized carbons (Fsp3) is 0.615. The van der Waals surface area contributed by atoms with E-state index in [0.717, 1.165) is 13.1 Å². The lowest BCUT2D eigenvalue weighted by Crippen LogP contribution is -2.51. The highest BCUT2D eigenvalue weighted by Gasteiger charge is 2.37. The summed E-state index contributed by atoms with van der Waals surface area (Å²) in [6.07, 6.45) is 0. The molecular formula is C13H19NO2S. The van der Waals surface area contributed by atoms with Crippen molar-refractivity contribution in [3.8, 4) is 0 Å². The van der Waals surface area contributed by atoms with Crippen LogP contribution in [0.3, 0.4) is 0 Å². The normalized spacial score (nSPS) is 20.9. The third-order valence-corrected chi connectivity index (χ3v) is 5.05. The molecule has 1 aromatic rings. The number of carboxylic acids is 1. The lowest BCUT2D eigenvalue weighted by atomic mass is 9.86. The zero-order valence-corrected chi connectivity index (χ0v) is 11.3. The van der Waals surface area contributed by atoms with E-state index < -0.39 is 5.97 Å². The average Bonchev–Trinajstić information content (AvgIpc) is 2.61. The van der Waals surface area contributed by atoms with Gasteiger partial charge in [-0.3, -0.25) is 9.69 Å². The molecule has 1 aliphatic rings. The van der Waals surface area contributed by atoms with Crippen LogP contribution in [-0.2, 0) is 4.79 Å². The Bertz CT molecular complexity index is 409. The third-order valence-electron chi connectivity index (χ3n) is 3.86. The number of hydrogen-bond acceptors (Lipinski definition) is 3. The monoisotopic (exact) mass is 253 g/mol. The highest BCUT2D eigenvalue weighted by atomic mass is 32.1. The second-order valence-electron chi connectivity index (χ2n) is 4.98. The van der Waals surface area contributed by atoms with E-state index in [1.807, 2.05) is 6.92 Å². The van der Waals surface area contributed by atoms with Crippen LogP contribution < -0.4 is 0 Å². The van der Waals surface area contributed by atoms with E-state index in [0.29, 0.717) is 12.0 Å². The lowest BCUT2D eigenvalue weighted by Gasteiger charge is -2.44. The van der Waals surface area contributed by atoms with Gasteiger partial charge in [-0.1, -0.05) is 6.92 Å². The fourth-order valence-electron chi connectivity index (χ4n) is 2.36. The average molecular weight is 253 g/mol. The Morgan fingerprint density at radius 3 is 2.65 bits per heavy atom. The van der Waals surface area contributed by atoms with Gasteiger partial charge in [0.05, 0.1) is 5.92 Å². The molecule has 1 saturated heterocycles. The summed E-state index contributed by atoms with van der Waals surface area (Å²) < 4.78 is 0. The van der Waals surface area contributed by atoms with E-state index in [2.05, 4.69) is 30.2 Å². The SMILES string of the molecule is Cc1ccsc1C(C)N1CC(C(C)C(=O)O)C1. The van der Waals surface area contributed by atoms with E-state index in [-0.39, 0.29) is 5.92 Å². The van der Waals surface area contributed by atoms with Crippen molar-refractivity contribution in [2.75, 3.05) is 13.1 Å². The minimum atomic E-state index is -0.672. The molecule has 2 heterocycles. The summed E-state index contributed by atoms with van der Waals surface area (Å²) in [6, 6.07) is 2.57. The Balaban J connectivity index is 1.92. The first-order valence-electron chi connectivity index (χ1n) is 6.01. The predicted octanol–water partition coefficient (Wildman–Crippen LogP) is 2.77. The van der Waals surface area contributed by atoms with Crippen LogP contribution in [0.25, 0.3) is 0 Å². The summed E-state index contributed by atoms with van der Waals surface area (Å²) in [5, 5.41) is 11.1.